The van der Waals surface area contributed by atoms with Gasteiger partial charge in [-0.25, -0.2) is 15.0 Å². The van der Waals surface area contributed by atoms with Gasteiger partial charge in [-0.1, -0.05) is 6.07 Å². The van der Waals surface area contributed by atoms with Crippen molar-refractivity contribution in [2.24, 2.45) is 0 Å². The van der Waals surface area contributed by atoms with E-state index in [-0.39, 0.29) is 17.3 Å². The maximum Gasteiger partial charge on any atom is 0.353 e. The SMILES string of the molecule is Cc1ccnc(Nc2ncnc(NCc3cccnc3)c2[N+](=O)[O-])c1. The highest BCUT2D eigenvalue weighted by Gasteiger charge is 2.23. The number of nitro groups is 1. The summed E-state index contributed by atoms with van der Waals surface area (Å²) in [5, 5.41) is 17.4. The second kappa shape index (κ2) is 7.30. The van der Waals surface area contributed by atoms with E-state index in [2.05, 4.69) is 30.6 Å². The van der Waals surface area contributed by atoms with Gasteiger partial charge in [0.25, 0.3) is 0 Å². The van der Waals surface area contributed by atoms with Crippen molar-refractivity contribution < 1.29 is 4.92 Å². The van der Waals surface area contributed by atoms with Gasteiger partial charge in [-0.3, -0.25) is 15.1 Å². The molecule has 0 fully saturated rings. The van der Waals surface area contributed by atoms with E-state index in [9.17, 15) is 10.1 Å². The molecule has 0 atom stereocenters. The second-order valence-corrected chi connectivity index (χ2v) is 5.23. The van der Waals surface area contributed by atoms with E-state index in [0.29, 0.717) is 12.4 Å². The number of nitrogens with zero attached hydrogens (tertiary/aromatic N) is 5. The van der Waals surface area contributed by atoms with Crippen molar-refractivity contribution >= 4 is 23.1 Å². The van der Waals surface area contributed by atoms with E-state index in [1.54, 1.807) is 30.7 Å². The normalized spacial score (nSPS) is 10.3. The molecule has 0 spiro atoms. The van der Waals surface area contributed by atoms with E-state index in [1.165, 1.54) is 6.33 Å². The number of nitrogens with one attached hydrogen (secondary N) is 2. The molecule has 3 aromatic rings. The zero-order valence-corrected chi connectivity index (χ0v) is 13.4. The average molecular weight is 337 g/mol. The summed E-state index contributed by atoms with van der Waals surface area (Å²) in [6, 6.07) is 7.26. The van der Waals surface area contributed by atoms with Crippen LogP contribution in [-0.4, -0.2) is 24.9 Å². The van der Waals surface area contributed by atoms with Crippen LogP contribution < -0.4 is 10.6 Å². The fourth-order valence-electron chi connectivity index (χ4n) is 2.19. The highest BCUT2D eigenvalue weighted by atomic mass is 16.6. The first-order valence-corrected chi connectivity index (χ1v) is 7.45. The standard InChI is InChI=1S/C16H15N7O2/c1-11-4-6-18-13(7-11)22-16-14(23(24)25)15(20-10-21-16)19-9-12-3-2-5-17-8-12/h2-8,10H,9H2,1H3,(H2,18,19,20,21,22). The third-order valence-corrected chi connectivity index (χ3v) is 3.35. The lowest BCUT2D eigenvalue weighted by atomic mass is 10.3. The molecule has 2 N–H and O–H groups in total. The molecule has 0 bridgehead atoms. The highest BCUT2D eigenvalue weighted by Crippen LogP contribution is 2.30. The van der Waals surface area contributed by atoms with Gasteiger partial charge in [0, 0.05) is 25.1 Å². The number of rotatable bonds is 6. The summed E-state index contributed by atoms with van der Waals surface area (Å²) >= 11 is 0. The summed E-state index contributed by atoms with van der Waals surface area (Å²) in [5.74, 6) is 0.672. The first-order chi connectivity index (χ1) is 12.1. The summed E-state index contributed by atoms with van der Waals surface area (Å²) in [6.45, 7) is 2.26. The quantitative estimate of drug-likeness (QED) is 0.520. The van der Waals surface area contributed by atoms with Gasteiger partial charge < -0.3 is 10.6 Å². The third-order valence-electron chi connectivity index (χ3n) is 3.35. The predicted molar refractivity (Wildman–Crippen MR) is 92.5 cm³/mol. The van der Waals surface area contributed by atoms with Crippen LogP contribution in [0.4, 0.5) is 23.1 Å². The minimum atomic E-state index is -0.524. The molecule has 3 heterocycles. The minimum Gasteiger partial charge on any atom is -0.360 e. The molecular weight excluding hydrogens is 322 g/mol. The van der Waals surface area contributed by atoms with Crippen LogP contribution in [0.3, 0.4) is 0 Å². The van der Waals surface area contributed by atoms with Crippen LogP contribution >= 0.6 is 0 Å². The van der Waals surface area contributed by atoms with Crippen molar-refractivity contribution in [3.63, 3.8) is 0 Å². The second-order valence-electron chi connectivity index (χ2n) is 5.23. The molecule has 9 heteroatoms. The van der Waals surface area contributed by atoms with Crippen molar-refractivity contribution in [1.82, 2.24) is 19.9 Å². The number of pyridine rings is 2. The fraction of sp³-hybridized carbons (Fsp3) is 0.125. The Morgan fingerprint density at radius 3 is 2.72 bits per heavy atom. The van der Waals surface area contributed by atoms with Gasteiger partial charge in [-0.2, -0.15) is 0 Å². The first-order valence-electron chi connectivity index (χ1n) is 7.45. The highest BCUT2D eigenvalue weighted by molar-refractivity contribution is 5.72. The first kappa shape index (κ1) is 16.2. The molecule has 3 aromatic heterocycles. The summed E-state index contributed by atoms with van der Waals surface area (Å²) < 4.78 is 0. The van der Waals surface area contributed by atoms with Crippen molar-refractivity contribution in [2.75, 3.05) is 10.6 Å². The summed E-state index contributed by atoms with van der Waals surface area (Å²) in [7, 11) is 0. The average Bonchev–Trinajstić information content (AvgIpc) is 2.61. The smallest absolute Gasteiger partial charge is 0.353 e. The Kier molecular flexibility index (Phi) is 4.74. The molecule has 0 aliphatic rings. The molecule has 25 heavy (non-hydrogen) atoms. The monoisotopic (exact) mass is 337 g/mol. The summed E-state index contributed by atoms with van der Waals surface area (Å²) in [4.78, 5) is 27.1. The maximum atomic E-state index is 11.5. The molecule has 126 valence electrons. The van der Waals surface area contributed by atoms with Gasteiger partial charge >= 0.3 is 5.69 Å². The Bertz CT molecular complexity index is 887. The number of hydrogen-bond donors (Lipinski definition) is 2. The molecule has 9 nitrogen and oxygen atoms in total. The number of anilines is 3. The molecule has 0 saturated carbocycles. The van der Waals surface area contributed by atoms with Crippen LogP contribution in [0.5, 0.6) is 0 Å². The van der Waals surface area contributed by atoms with E-state index in [1.807, 2.05) is 19.1 Å². The van der Waals surface area contributed by atoms with Gasteiger partial charge in [0.05, 0.1) is 4.92 Å². The fourth-order valence-corrected chi connectivity index (χ4v) is 2.19. The Labute approximate surface area is 143 Å². The summed E-state index contributed by atoms with van der Waals surface area (Å²) in [5.41, 5.74) is 1.61. The largest absolute Gasteiger partial charge is 0.360 e. The van der Waals surface area contributed by atoms with Gasteiger partial charge in [0.2, 0.25) is 11.6 Å². The van der Waals surface area contributed by atoms with Crippen LogP contribution in [0.1, 0.15) is 11.1 Å². The molecule has 0 aromatic carbocycles. The number of aryl methyl sites for hydroxylation is 1. The van der Waals surface area contributed by atoms with Crippen LogP contribution in [0.25, 0.3) is 0 Å². The van der Waals surface area contributed by atoms with Crippen molar-refractivity contribution in [3.8, 4) is 0 Å². The van der Waals surface area contributed by atoms with E-state index >= 15 is 0 Å². The molecule has 3 rings (SSSR count). The molecule has 0 unspecified atom stereocenters. The molecule has 0 saturated heterocycles. The van der Waals surface area contributed by atoms with Crippen LogP contribution in [0, 0.1) is 17.0 Å². The van der Waals surface area contributed by atoms with Crippen molar-refractivity contribution in [2.45, 2.75) is 13.5 Å². The lowest BCUT2D eigenvalue weighted by Gasteiger charge is -2.10. The van der Waals surface area contributed by atoms with Crippen LogP contribution in [-0.2, 0) is 6.54 Å². The number of aromatic nitrogens is 4. The Hall–Kier alpha value is -3.62. The lowest BCUT2D eigenvalue weighted by molar-refractivity contribution is -0.383. The van der Waals surface area contributed by atoms with E-state index < -0.39 is 4.92 Å². The molecule has 0 radical (unpaired) electrons. The zero-order chi connectivity index (χ0) is 17.6. The van der Waals surface area contributed by atoms with Gasteiger partial charge in [0.1, 0.15) is 12.1 Å². The van der Waals surface area contributed by atoms with E-state index in [0.717, 1.165) is 11.1 Å². The van der Waals surface area contributed by atoms with Crippen LogP contribution in [0.2, 0.25) is 0 Å². The minimum absolute atomic E-state index is 0.0757. The Balaban J connectivity index is 1.87. The topological polar surface area (TPSA) is 119 Å². The lowest BCUT2D eigenvalue weighted by Crippen LogP contribution is -2.08. The zero-order valence-electron chi connectivity index (χ0n) is 13.4. The van der Waals surface area contributed by atoms with Gasteiger partial charge in [0.15, 0.2) is 0 Å². The van der Waals surface area contributed by atoms with E-state index in [4.69, 9.17) is 0 Å². The van der Waals surface area contributed by atoms with Crippen molar-refractivity contribution in [3.05, 3.63) is 70.4 Å². The van der Waals surface area contributed by atoms with Gasteiger partial charge in [-0.05, 0) is 36.2 Å². The Morgan fingerprint density at radius 1 is 1.16 bits per heavy atom. The van der Waals surface area contributed by atoms with Gasteiger partial charge in [-0.15, -0.1) is 0 Å². The van der Waals surface area contributed by atoms with Crippen LogP contribution in [0.15, 0.2) is 49.2 Å². The predicted octanol–water partition coefficient (Wildman–Crippen LogP) is 2.84. The Morgan fingerprint density at radius 2 is 2.00 bits per heavy atom. The molecule has 0 aliphatic carbocycles. The number of hydrogen-bond acceptors (Lipinski definition) is 8. The molecule has 0 amide bonds. The van der Waals surface area contributed by atoms with Crippen molar-refractivity contribution in [1.29, 1.82) is 0 Å². The molecular formula is C16H15N7O2. The third kappa shape index (κ3) is 4.02. The molecule has 0 aliphatic heterocycles. The maximum absolute atomic E-state index is 11.5. The summed E-state index contributed by atoms with van der Waals surface area (Å²) in [6.07, 6.45) is 6.21.